The summed E-state index contributed by atoms with van der Waals surface area (Å²) < 4.78 is 10.5. The highest BCUT2D eigenvalue weighted by atomic mass is 16.5. The van der Waals surface area contributed by atoms with E-state index < -0.39 is 0 Å². The second-order valence-corrected chi connectivity index (χ2v) is 3.23. The SMILES string of the molecule is C=COCCCNCC1CCCO1. The third-order valence-electron chi connectivity index (χ3n) is 2.13. The van der Waals surface area contributed by atoms with Crippen molar-refractivity contribution >= 4 is 0 Å². The summed E-state index contributed by atoms with van der Waals surface area (Å²) in [4.78, 5) is 0. The molecule has 0 aromatic rings. The third-order valence-corrected chi connectivity index (χ3v) is 2.13. The average molecular weight is 185 g/mol. The maximum absolute atomic E-state index is 5.47. The van der Waals surface area contributed by atoms with Crippen LogP contribution in [0.25, 0.3) is 0 Å². The van der Waals surface area contributed by atoms with Crippen LogP contribution in [0.4, 0.5) is 0 Å². The Hall–Kier alpha value is -0.540. The zero-order valence-electron chi connectivity index (χ0n) is 8.13. The number of hydrogen-bond donors (Lipinski definition) is 1. The Morgan fingerprint density at radius 2 is 2.54 bits per heavy atom. The van der Waals surface area contributed by atoms with Gasteiger partial charge in [0.25, 0.3) is 0 Å². The van der Waals surface area contributed by atoms with Gasteiger partial charge in [0.15, 0.2) is 0 Å². The first-order chi connectivity index (χ1) is 6.43. The monoisotopic (exact) mass is 185 g/mol. The number of ether oxygens (including phenoxy) is 2. The predicted octanol–water partition coefficient (Wildman–Crippen LogP) is 1.31. The van der Waals surface area contributed by atoms with Crippen LogP contribution in [0, 0.1) is 0 Å². The Balaban J connectivity index is 1.80. The fraction of sp³-hybridized carbons (Fsp3) is 0.800. The number of nitrogens with one attached hydrogen (secondary N) is 1. The largest absolute Gasteiger partial charge is 0.502 e. The fourth-order valence-corrected chi connectivity index (χ4v) is 1.43. The van der Waals surface area contributed by atoms with Crippen LogP contribution >= 0.6 is 0 Å². The maximum Gasteiger partial charge on any atom is 0.0885 e. The summed E-state index contributed by atoms with van der Waals surface area (Å²) in [5, 5.41) is 3.35. The molecule has 0 amide bonds. The van der Waals surface area contributed by atoms with Gasteiger partial charge in [-0.1, -0.05) is 6.58 Å². The molecule has 0 radical (unpaired) electrons. The molecule has 0 aliphatic carbocycles. The summed E-state index contributed by atoms with van der Waals surface area (Å²) >= 11 is 0. The highest BCUT2D eigenvalue weighted by Crippen LogP contribution is 2.10. The Morgan fingerprint density at radius 1 is 1.62 bits per heavy atom. The molecule has 1 atom stereocenters. The summed E-state index contributed by atoms with van der Waals surface area (Å²) in [6.45, 7) is 7.14. The summed E-state index contributed by atoms with van der Waals surface area (Å²) in [7, 11) is 0. The van der Waals surface area contributed by atoms with E-state index in [2.05, 4.69) is 11.9 Å². The number of rotatable bonds is 7. The van der Waals surface area contributed by atoms with Gasteiger partial charge in [-0.2, -0.15) is 0 Å². The van der Waals surface area contributed by atoms with E-state index >= 15 is 0 Å². The molecule has 0 spiro atoms. The molecule has 1 rings (SSSR count). The molecule has 13 heavy (non-hydrogen) atoms. The van der Waals surface area contributed by atoms with Gasteiger partial charge in [-0.15, -0.1) is 0 Å². The van der Waals surface area contributed by atoms with Crippen molar-refractivity contribution in [3.8, 4) is 0 Å². The lowest BCUT2D eigenvalue weighted by molar-refractivity contribution is 0.109. The van der Waals surface area contributed by atoms with Crippen LogP contribution < -0.4 is 5.32 Å². The van der Waals surface area contributed by atoms with E-state index in [0.29, 0.717) is 6.10 Å². The van der Waals surface area contributed by atoms with Crippen molar-refractivity contribution in [3.05, 3.63) is 12.8 Å². The van der Waals surface area contributed by atoms with E-state index in [4.69, 9.17) is 9.47 Å². The van der Waals surface area contributed by atoms with E-state index in [1.165, 1.54) is 19.1 Å². The predicted molar refractivity (Wildman–Crippen MR) is 52.6 cm³/mol. The molecule has 1 unspecified atom stereocenters. The molecule has 76 valence electrons. The van der Waals surface area contributed by atoms with Crippen LogP contribution in [0.2, 0.25) is 0 Å². The standard InChI is InChI=1S/C10H19NO2/c1-2-12-7-4-6-11-9-10-5-3-8-13-10/h2,10-11H,1,3-9H2. The number of hydrogen-bond acceptors (Lipinski definition) is 3. The second-order valence-electron chi connectivity index (χ2n) is 3.23. The molecule has 1 aliphatic heterocycles. The normalized spacial score (nSPS) is 21.7. The zero-order chi connectivity index (χ0) is 9.36. The van der Waals surface area contributed by atoms with Crippen molar-refractivity contribution in [2.24, 2.45) is 0 Å². The quantitative estimate of drug-likeness (QED) is 0.479. The smallest absolute Gasteiger partial charge is 0.0885 e. The highest BCUT2D eigenvalue weighted by molar-refractivity contribution is 4.67. The minimum absolute atomic E-state index is 0.445. The molecule has 1 heterocycles. The second kappa shape index (κ2) is 6.92. The molecule has 0 saturated carbocycles. The van der Waals surface area contributed by atoms with Crippen LogP contribution in [0.3, 0.4) is 0 Å². The average Bonchev–Trinajstić information content (AvgIpc) is 2.63. The first-order valence-electron chi connectivity index (χ1n) is 4.98. The molecular weight excluding hydrogens is 166 g/mol. The lowest BCUT2D eigenvalue weighted by Gasteiger charge is -2.10. The van der Waals surface area contributed by atoms with Gasteiger partial charge in [-0.3, -0.25) is 0 Å². The van der Waals surface area contributed by atoms with Gasteiger partial charge in [0, 0.05) is 13.2 Å². The van der Waals surface area contributed by atoms with Crippen LogP contribution in [0.15, 0.2) is 12.8 Å². The van der Waals surface area contributed by atoms with Crippen LogP contribution in [-0.2, 0) is 9.47 Å². The Kier molecular flexibility index (Phi) is 5.61. The Labute approximate surface area is 80.1 Å². The molecular formula is C10H19NO2. The van der Waals surface area contributed by atoms with Crippen LogP contribution in [0.5, 0.6) is 0 Å². The van der Waals surface area contributed by atoms with E-state index in [1.807, 2.05) is 0 Å². The van der Waals surface area contributed by atoms with Gasteiger partial charge in [0.05, 0.1) is 19.0 Å². The molecule has 0 bridgehead atoms. The van der Waals surface area contributed by atoms with E-state index in [9.17, 15) is 0 Å². The lowest BCUT2D eigenvalue weighted by atomic mass is 10.2. The summed E-state index contributed by atoms with van der Waals surface area (Å²) in [5.74, 6) is 0. The van der Waals surface area contributed by atoms with Crippen molar-refractivity contribution in [3.63, 3.8) is 0 Å². The molecule has 1 fully saturated rings. The van der Waals surface area contributed by atoms with Crippen LogP contribution in [0.1, 0.15) is 19.3 Å². The summed E-state index contributed by atoms with van der Waals surface area (Å²) in [6.07, 6.45) is 5.38. The Morgan fingerprint density at radius 3 is 3.23 bits per heavy atom. The maximum atomic E-state index is 5.47. The van der Waals surface area contributed by atoms with E-state index in [1.54, 1.807) is 0 Å². The third kappa shape index (κ3) is 4.90. The van der Waals surface area contributed by atoms with Gasteiger partial charge in [-0.25, -0.2) is 0 Å². The molecule has 3 heteroatoms. The first kappa shape index (κ1) is 10.5. The van der Waals surface area contributed by atoms with Crippen LogP contribution in [-0.4, -0.2) is 32.4 Å². The van der Waals surface area contributed by atoms with Gasteiger partial charge >= 0.3 is 0 Å². The molecule has 1 aliphatic rings. The fourth-order valence-electron chi connectivity index (χ4n) is 1.43. The van der Waals surface area contributed by atoms with Gasteiger partial charge in [-0.05, 0) is 25.8 Å². The zero-order valence-corrected chi connectivity index (χ0v) is 8.13. The molecule has 0 aromatic carbocycles. The summed E-state index contributed by atoms with van der Waals surface area (Å²) in [5.41, 5.74) is 0. The van der Waals surface area contributed by atoms with Crippen molar-refractivity contribution in [2.75, 3.05) is 26.3 Å². The van der Waals surface area contributed by atoms with Gasteiger partial charge < -0.3 is 14.8 Å². The van der Waals surface area contributed by atoms with E-state index in [-0.39, 0.29) is 0 Å². The molecule has 3 nitrogen and oxygen atoms in total. The Bertz CT molecular complexity index is 133. The highest BCUT2D eigenvalue weighted by Gasteiger charge is 2.13. The van der Waals surface area contributed by atoms with Gasteiger partial charge in [0.1, 0.15) is 0 Å². The molecule has 0 aromatic heterocycles. The van der Waals surface area contributed by atoms with Crippen molar-refractivity contribution in [1.82, 2.24) is 5.32 Å². The molecule has 1 saturated heterocycles. The molecule has 1 N–H and O–H groups in total. The summed E-state index contributed by atoms with van der Waals surface area (Å²) in [6, 6.07) is 0. The van der Waals surface area contributed by atoms with Crippen molar-refractivity contribution in [2.45, 2.75) is 25.4 Å². The van der Waals surface area contributed by atoms with Crippen molar-refractivity contribution < 1.29 is 9.47 Å². The topological polar surface area (TPSA) is 30.5 Å². The first-order valence-corrected chi connectivity index (χ1v) is 4.98. The van der Waals surface area contributed by atoms with Gasteiger partial charge in [0.2, 0.25) is 0 Å². The minimum Gasteiger partial charge on any atom is -0.502 e. The lowest BCUT2D eigenvalue weighted by Crippen LogP contribution is -2.27. The minimum atomic E-state index is 0.445. The van der Waals surface area contributed by atoms with Crippen molar-refractivity contribution in [1.29, 1.82) is 0 Å². The van der Waals surface area contributed by atoms with E-state index in [0.717, 1.165) is 32.7 Å².